The summed E-state index contributed by atoms with van der Waals surface area (Å²) < 4.78 is 11.5. The molecule has 0 aliphatic carbocycles. The van der Waals surface area contributed by atoms with Gasteiger partial charge in [-0.1, -0.05) is 23.7 Å². The number of rotatable bonds is 7. The molecule has 126 valence electrons. The number of thiocarbonyl (C=S) groups is 1. The number of halogens is 1. The molecule has 0 bridgehead atoms. The fraction of sp³-hybridized carbons (Fsp3) is 0.176. The van der Waals surface area contributed by atoms with E-state index in [4.69, 9.17) is 26.8 Å². The minimum atomic E-state index is 0.109. The van der Waals surface area contributed by atoms with E-state index < -0.39 is 0 Å². The Bertz CT molecular complexity index is 738. The fourth-order valence-corrected chi connectivity index (χ4v) is 2.22. The summed E-state index contributed by atoms with van der Waals surface area (Å²) >= 11 is 10.7. The van der Waals surface area contributed by atoms with Crippen LogP contribution in [0.1, 0.15) is 18.1 Å². The van der Waals surface area contributed by atoms with Crippen LogP contribution in [0, 0.1) is 0 Å². The largest absolute Gasteiger partial charge is 0.490 e. The number of nitrogens with zero attached hydrogens (tertiary/aromatic N) is 1. The lowest BCUT2D eigenvalue weighted by molar-refractivity contribution is 0.269. The number of hydrogen-bond donors (Lipinski definition) is 2. The maximum Gasteiger partial charge on any atom is 0.184 e. The second-order valence-electron chi connectivity index (χ2n) is 4.79. The van der Waals surface area contributed by atoms with E-state index in [-0.39, 0.29) is 5.11 Å². The molecular formula is C17H18ClN3O2S. The quantitative estimate of drug-likeness (QED) is 0.447. The lowest BCUT2D eigenvalue weighted by Crippen LogP contribution is -2.23. The van der Waals surface area contributed by atoms with Crippen LogP contribution in [0.3, 0.4) is 0 Å². The van der Waals surface area contributed by atoms with Crippen molar-refractivity contribution >= 4 is 35.1 Å². The molecule has 0 aliphatic heterocycles. The van der Waals surface area contributed by atoms with Crippen molar-refractivity contribution in [1.82, 2.24) is 5.43 Å². The highest BCUT2D eigenvalue weighted by molar-refractivity contribution is 7.80. The third kappa shape index (κ3) is 5.72. The highest BCUT2D eigenvalue weighted by atomic mass is 35.5. The monoisotopic (exact) mass is 363 g/mol. The summed E-state index contributed by atoms with van der Waals surface area (Å²) in [6, 6.07) is 13.1. The van der Waals surface area contributed by atoms with Gasteiger partial charge in [-0.2, -0.15) is 5.10 Å². The van der Waals surface area contributed by atoms with Crippen LogP contribution in [0.4, 0.5) is 0 Å². The number of ether oxygens (including phenoxy) is 2. The van der Waals surface area contributed by atoms with E-state index in [0.29, 0.717) is 29.7 Å². The third-order valence-electron chi connectivity index (χ3n) is 2.94. The highest BCUT2D eigenvalue weighted by Gasteiger charge is 2.07. The summed E-state index contributed by atoms with van der Waals surface area (Å²) in [6.07, 6.45) is 1.60. The van der Waals surface area contributed by atoms with Crippen molar-refractivity contribution in [3.63, 3.8) is 0 Å². The van der Waals surface area contributed by atoms with Gasteiger partial charge in [0.1, 0.15) is 6.61 Å². The van der Waals surface area contributed by atoms with Gasteiger partial charge in [0.15, 0.2) is 16.6 Å². The predicted octanol–water partition coefficient (Wildman–Crippen LogP) is 3.48. The molecule has 0 atom stereocenters. The van der Waals surface area contributed by atoms with E-state index in [1.54, 1.807) is 6.21 Å². The smallest absolute Gasteiger partial charge is 0.184 e. The zero-order chi connectivity index (χ0) is 17.4. The van der Waals surface area contributed by atoms with Gasteiger partial charge in [0.2, 0.25) is 0 Å². The van der Waals surface area contributed by atoms with E-state index >= 15 is 0 Å². The lowest BCUT2D eigenvalue weighted by Gasteiger charge is -2.12. The van der Waals surface area contributed by atoms with E-state index in [9.17, 15) is 0 Å². The van der Waals surface area contributed by atoms with Crippen LogP contribution in [0.2, 0.25) is 5.02 Å². The van der Waals surface area contributed by atoms with E-state index in [1.807, 2.05) is 49.4 Å². The summed E-state index contributed by atoms with van der Waals surface area (Å²) in [5.74, 6) is 1.29. The molecule has 0 heterocycles. The zero-order valence-electron chi connectivity index (χ0n) is 13.2. The first-order chi connectivity index (χ1) is 11.6. The zero-order valence-corrected chi connectivity index (χ0v) is 14.7. The van der Waals surface area contributed by atoms with Gasteiger partial charge < -0.3 is 15.2 Å². The summed E-state index contributed by atoms with van der Waals surface area (Å²) in [5.41, 5.74) is 9.64. The van der Waals surface area contributed by atoms with Gasteiger partial charge in [-0.3, -0.25) is 5.43 Å². The molecule has 0 saturated heterocycles. The van der Waals surface area contributed by atoms with E-state index in [2.05, 4.69) is 22.7 Å². The Kier molecular flexibility index (Phi) is 6.84. The van der Waals surface area contributed by atoms with Gasteiger partial charge >= 0.3 is 0 Å². The number of nitrogens with two attached hydrogens (primary N) is 1. The highest BCUT2D eigenvalue weighted by Crippen LogP contribution is 2.29. The molecule has 0 fully saturated rings. The van der Waals surface area contributed by atoms with Crippen molar-refractivity contribution in [2.75, 3.05) is 6.61 Å². The van der Waals surface area contributed by atoms with Crippen molar-refractivity contribution < 1.29 is 9.47 Å². The fourth-order valence-electron chi connectivity index (χ4n) is 1.95. The molecule has 5 nitrogen and oxygen atoms in total. The number of benzene rings is 2. The molecule has 0 aliphatic rings. The van der Waals surface area contributed by atoms with E-state index in [1.165, 1.54) is 0 Å². The second kappa shape index (κ2) is 9.10. The SMILES string of the molecule is CCOc1cc(/C=N\NC(N)=S)ccc1OCc1cccc(Cl)c1. The molecule has 2 aromatic carbocycles. The first-order valence-corrected chi connectivity index (χ1v) is 8.09. The average Bonchev–Trinajstić information content (AvgIpc) is 2.54. The molecule has 0 saturated carbocycles. The molecule has 2 aromatic rings. The Balaban J connectivity index is 2.10. The van der Waals surface area contributed by atoms with Crippen LogP contribution in [0.15, 0.2) is 47.6 Å². The van der Waals surface area contributed by atoms with Crippen molar-refractivity contribution in [3.8, 4) is 11.5 Å². The molecule has 7 heteroatoms. The topological polar surface area (TPSA) is 68.9 Å². The molecule has 24 heavy (non-hydrogen) atoms. The first-order valence-electron chi connectivity index (χ1n) is 7.31. The molecule has 0 aromatic heterocycles. The predicted molar refractivity (Wildman–Crippen MR) is 101 cm³/mol. The van der Waals surface area contributed by atoms with E-state index in [0.717, 1.165) is 11.1 Å². The van der Waals surface area contributed by atoms with Gasteiger partial charge in [0.25, 0.3) is 0 Å². The molecule has 0 spiro atoms. The standard InChI is InChI=1S/C17H18ClN3O2S/c1-2-22-16-9-12(10-20-21-17(19)24)6-7-15(16)23-11-13-4-3-5-14(18)8-13/h3-10H,2,11H2,1H3,(H3,19,21,24)/b20-10-. The Morgan fingerprint density at radius 1 is 1.25 bits per heavy atom. The second-order valence-corrected chi connectivity index (χ2v) is 5.67. The minimum Gasteiger partial charge on any atom is -0.490 e. The van der Waals surface area contributed by atoms with Crippen LogP contribution < -0.4 is 20.6 Å². The van der Waals surface area contributed by atoms with Crippen LogP contribution >= 0.6 is 23.8 Å². The Hall–Kier alpha value is -2.31. The molecule has 0 unspecified atom stereocenters. The lowest BCUT2D eigenvalue weighted by atomic mass is 10.2. The van der Waals surface area contributed by atoms with Crippen LogP contribution in [0.25, 0.3) is 0 Å². The minimum absolute atomic E-state index is 0.109. The van der Waals surface area contributed by atoms with Crippen LogP contribution in [-0.4, -0.2) is 17.9 Å². The Labute approximate surface area is 151 Å². The Morgan fingerprint density at radius 2 is 2.08 bits per heavy atom. The Morgan fingerprint density at radius 3 is 2.79 bits per heavy atom. The third-order valence-corrected chi connectivity index (χ3v) is 3.27. The summed E-state index contributed by atoms with van der Waals surface area (Å²) in [7, 11) is 0. The maximum absolute atomic E-state index is 5.98. The van der Waals surface area contributed by atoms with Crippen LogP contribution in [0.5, 0.6) is 11.5 Å². The molecule has 2 rings (SSSR count). The van der Waals surface area contributed by atoms with Crippen molar-refractivity contribution in [3.05, 3.63) is 58.6 Å². The normalized spacial score (nSPS) is 10.6. The van der Waals surface area contributed by atoms with Crippen molar-refractivity contribution in [1.29, 1.82) is 0 Å². The van der Waals surface area contributed by atoms with Crippen molar-refractivity contribution in [2.24, 2.45) is 10.8 Å². The van der Waals surface area contributed by atoms with Gasteiger partial charge in [0.05, 0.1) is 12.8 Å². The number of hydrazone groups is 1. The molecule has 0 radical (unpaired) electrons. The molecular weight excluding hydrogens is 346 g/mol. The maximum atomic E-state index is 5.98. The van der Waals surface area contributed by atoms with Gasteiger partial charge in [-0.15, -0.1) is 0 Å². The summed E-state index contributed by atoms with van der Waals surface area (Å²) in [5, 5.41) is 4.71. The number of hydrogen-bond acceptors (Lipinski definition) is 4. The average molecular weight is 364 g/mol. The van der Waals surface area contributed by atoms with Gasteiger partial charge in [-0.05, 0) is 60.6 Å². The number of nitrogens with one attached hydrogen (secondary N) is 1. The molecule has 3 N–H and O–H groups in total. The molecule has 0 amide bonds. The summed E-state index contributed by atoms with van der Waals surface area (Å²) in [4.78, 5) is 0. The van der Waals surface area contributed by atoms with Gasteiger partial charge in [-0.25, -0.2) is 0 Å². The van der Waals surface area contributed by atoms with Gasteiger partial charge in [0, 0.05) is 5.02 Å². The summed E-state index contributed by atoms with van der Waals surface area (Å²) in [6.45, 7) is 2.84. The van der Waals surface area contributed by atoms with Crippen LogP contribution in [-0.2, 0) is 6.61 Å². The van der Waals surface area contributed by atoms with Crippen molar-refractivity contribution in [2.45, 2.75) is 13.5 Å². The first kappa shape index (κ1) is 18.0.